The molecule has 0 bridgehead atoms. The molecule has 88 valence electrons. The molecule has 5 nitrogen and oxygen atoms in total. The maximum Gasteiger partial charge on any atom is 0.341 e. The molecule has 0 fully saturated rings. The van der Waals surface area contributed by atoms with Crippen molar-refractivity contribution in [3.63, 3.8) is 0 Å². The van der Waals surface area contributed by atoms with E-state index in [4.69, 9.17) is 10.2 Å². The van der Waals surface area contributed by atoms with E-state index in [1.807, 2.05) is 0 Å². The highest BCUT2D eigenvalue weighted by atomic mass is 16.4. The summed E-state index contributed by atoms with van der Waals surface area (Å²) in [4.78, 5) is 22.6. The second-order valence-electron chi connectivity index (χ2n) is 3.90. The minimum absolute atomic E-state index is 0.0385. The molecule has 1 atom stereocenters. The van der Waals surface area contributed by atoms with Gasteiger partial charge in [0.2, 0.25) is 0 Å². The van der Waals surface area contributed by atoms with Gasteiger partial charge in [0, 0.05) is 18.8 Å². The van der Waals surface area contributed by atoms with E-state index in [1.165, 1.54) is 10.6 Å². The maximum atomic E-state index is 11.8. The number of aromatic nitrogens is 1. The van der Waals surface area contributed by atoms with Gasteiger partial charge >= 0.3 is 5.97 Å². The van der Waals surface area contributed by atoms with Gasteiger partial charge in [-0.05, 0) is 25.0 Å². The van der Waals surface area contributed by atoms with E-state index in [-0.39, 0.29) is 18.1 Å². The molecular weight excluding hydrogens is 210 g/mol. The van der Waals surface area contributed by atoms with E-state index >= 15 is 0 Å². The average molecular weight is 225 g/mol. The molecule has 16 heavy (non-hydrogen) atoms. The van der Waals surface area contributed by atoms with Crippen LogP contribution in [0.5, 0.6) is 0 Å². The van der Waals surface area contributed by atoms with Crippen molar-refractivity contribution in [2.24, 2.45) is 5.92 Å². The Kier molecular flexibility index (Phi) is 3.84. The van der Waals surface area contributed by atoms with Crippen molar-refractivity contribution in [3.8, 4) is 0 Å². The largest absolute Gasteiger partial charge is 0.477 e. The van der Waals surface area contributed by atoms with Crippen LogP contribution in [0.2, 0.25) is 0 Å². The average Bonchev–Trinajstić information content (AvgIpc) is 2.23. The quantitative estimate of drug-likeness (QED) is 0.781. The first-order chi connectivity index (χ1) is 7.47. The number of aromatic carboxylic acids is 1. The van der Waals surface area contributed by atoms with Crippen molar-refractivity contribution in [1.29, 1.82) is 0 Å². The molecule has 0 radical (unpaired) electrons. The number of aliphatic hydroxyl groups is 1. The molecule has 1 aromatic rings. The fourth-order valence-electron chi connectivity index (χ4n) is 1.43. The summed E-state index contributed by atoms with van der Waals surface area (Å²) >= 11 is 0. The third-order valence-electron chi connectivity index (χ3n) is 2.43. The van der Waals surface area contributed by atoms with Crippen LogP contribution in [0.15, 0.2) is 16.9 Å². The number of aliphatic hydroxyl groups excluding tert-OH is 1. The third kappa shape index (κ3) is 2.49. The van der Waals surface area contributed by atoms with Crippen molar-refractivity contribution in [2.45, 2.75) is 20.4 Å². The van der Waals surface area contributed by atoms with Gasteiger partial charge in [0.05, 0.1) is 0 Å². The van der Waals surface area contributed by atoms with Crippen LogP contribution >= 0.6 is 0 Å². The van der Waals surface area contributed by atoms with Crippen LogP contribution in [0.1, 0.15) is 23.0 Å². The SMILES string of the molecule is Cc1ccc(C(=O)O)c(=O)n1CC(C)CO. The Balaban J connectivity index is 3.22. The van der Waals surface area contributed by atoms with Crippen molar-refractivity contribution < 1.29 is 15.0 Å². The predicted molar refractivity (Wildman–Crippen MR) is 58.6 cm³/mol. The number of hydrogen-bond acceptors (Lipinski definition) is 3. The lowest BCUT2D eigenvalue weighted by atomic mass is 10.1. The highest BCUT2D eigenvalue weighted by Crippen LogP contribution is 2.03. The van der Waals surface area contributed by atoms with Gasteiger partial charge in [0.25, 0.3) is 5.56 Å². The number of hydrogen-bond donors (Lipinski definition) is 2. The summed E-state index contributed by atoms with van der Waals surface area (Å²) in [5, 5.41) is 17.7. The predicted octanol–water partition coefficient (Wildman–Crippen LogP) is 0.483. The first-order valence-electron chi connectivity index (χ1n) is 5.02. The lowest BCUT2D eigenvalue weighted by Gasteiger charge is -2.14. The Bertz CT molecular complexity index is 450. The van der Waals surface area contributed by atoms with Crippen LogP contribution in [0, 0.1) is 12.8 Å². The highest BCUT2D eigenvalue weighted by Gasteiger charge is 2.13. The van der Waals surface area contributed by atoms with Crippen LogP contribution in [0.4, 0.5) is 0 Å². The monoisotopic (exact) mass is 225 g/mol. The Morgan fingerprint density at radius 2 is 2.12 bits per heavy atom. The molecule has 0 aliphatic rings. The molecule has 1 unspecified atom stereocenters. The number of rotatable bonds is 4. The number of carboxylic acids is 1. The van der Waals surface area contributed by atoms with E-state index in [0.29, 0.717) is 12.2 Å². The van der Waals surface area contributed by atoms with Crippen LogP contribution < -0.4 is 5.56 Å². The molecule has 0 aliphatic carbocycles. The number of carboxylic acid groups (broad SMARTS) is 1. The molecule has 0 saturated carbocycles. The summed E-state index contributed by atoms with van der Waals surface area (Å²) in [5.41, 5.74) is -0.0705. The Morgan fingerprint density at radius 3 is 2.62 bits per heavy atom. The van der Waals surface area contributed by atoms with E-state index in [1.54, 1.807) is 19.9 Å². The van der Waals surface area contributed by atoms with Crippen LogP contribution in [0.3, 0.4) is 0 Å². The lowest BCUT2D eigenvalue weighted by molar-refractivity contribution is 0.0694. The minimum Gasteiger partial charge on any atom is -0.477 e. The first-order valence-corrected chi connectivity index (χ1v) is 5.02. The fourth-order valence-corrected chi connectivity index (χ4v) is 1.43. The second kappa shape index (κ2) is 4.94. The van der Waals surface area contributed by atoms with Crippen LogP contribution in [-0.4, -0.2) is 27.4 Å². The van der Waals surface area contributed by atoms with Gasteiger partial charge in [0.15, 0.2) is 0 Å². The molecule has 1 aromatic heterocycles. The summed E-state index contributed by atoms with van der Waals surface area (Å²) in [6.45, 7) is 3.81. The summed E-state index contributed by atoms with van der Waals surface area (Å²) in [5.74, 6) is -1.31. The van der Waals surface area contributed by atoms with Crippen LogP contribution in [0.25, 0.3) is 0 Å². The topological polar surface area (TPSA) is 79.5 Å². The van der Waals surface area contributed by atoms with Crippen molar-refractivity contribution in [3.05, 3.63) is 33.7 Å². The standard InChI is InChI=1S/C11H15NO4/c1-7(6-13)5-12-8(2)3-4-9(10(12)14)11(15)16/h3-4,7,13H,5-6H2,1-2H3,(H,15,16). The molecule has 2 N–H and O–H groups in total. The van der Waals surface area contributed by atoms with E-state index < -0.39 is 11.5 Å². The molecule has 0 aliphatic heterocycles. The number of nitrogens with zero attached hydrogens (tertiary/aromatic N) is 1. The van der Waals surface area contributed by atoms with Gasteiger partial charge in [-0.2, -0.15) is 0 Å². The zero-order chi connectivity index (χ0) is 12.3. The minimum atomic E-state index is -1.23. The first kappa shape index (κ1) is 12.4. The molecule has 0 amide bonds. The van der Waals surface area contributed by atoms with E-state index in [9.17, 15) is 9.59 Å². The Labute approximate surface area is 93.0 Å². The normalized spacial score (nSPS) is 12.4. The number of pyridine rings is 1. The third-order valence-corrected chi connectivity index (χ3v) is 2.43. The molecule has 1 heterocycles. The lowest BCUT2D eigenvalue weighted by Crippen LogP contribution is -2.30. The zero-order valence-corrected chi connectivity index (χ0v) is 9.30. The summed E-state index contributed by atoms with van der Waals surface area (Å²) in [6.07, 6.45) is 0. The van der Waals surface area contributed by atoms with Crippen molar-refractivity contribution in [1.82, 2.24) is 4.57 Å². The van der Waals surface area contributed by atoms with Gasteiger partial charge in [-0.3, -0.25) is 4.79 Å². The van der Waals surface area contributed by atoms with Gasteiger partial charge in [-0.1, -0.05) is 6.92 Å². The highest BCUT2D eigenvalue weighted by molar-refractivity contribution is 5.87. The van der Waals surface area contributed by atoms with Crippen LogP contribution in [-0.2, 0) is 6.54 Å². The fraction of sp³-hybridized carbons (Fsp3) is 0.455. The van der Waals surface area contributed by atoms with Gasteiger partial charge in [-0.15, -0.1) is 0 Å². The molecule has 0 aromatic carbocycles. The van der Waals surface area contributed by atoms with E-state index in [2.05, 4.69) is 0 Å². The van der Waals surface area contributed by atoms with Gasteiger partial charge in [-0.25, -0.2) is 4.79 Å². The molecule has 0 saturated heterocycles. The smallest absolute Gasteiger partial charge is 0.341 e. The van der Waals surface area contributed by atoms with Crippen molar-refractivity contribution >= 4 is 5.97 Å². The second-order valence-corrected chi connectivity index (χ2v) is 3.90. The van der Waals surface area contributed by atoms with Crippen molar-refractivity contribution in [2.75, 3.05) is 6.61 Å². The Hall–Kier alpha value is -1.62. The molecule has 1 rings (SSSR count). The van der Waals surface area contributed by atoms with Gasteiger partial charge in [0.1, 0.15) is 5.56 Å². The maximum absolute atomic E-state index is 11.8. The zero-order valence-electron chi connectivity index (χ0n) is 9.30. The Morgan fingerprint density at radius 1 is 1.50 bits per heavy atom. The van der Waals surface area contributed by atoms with E-state index in [0.717, 1.165) is 0 Å². The molecular formula is C11H15NO4. The summed E-state index contributed by atoms with van der Waals surface area (Å²) in [7, 11) is 0. The molecule has 0 spiro atoms. The summed E-state index contributed by atoms with van der Waals surface area (Å²) in [6, 6.07) is 2.90. The summed E-state index contributed by atoms with van der Waals surface area (Å²) < 4.78 is 1.38. The number of carbonyl (C=O) groups is 1. The number of aryl methyl sites for hydroxylation is 1. The van der Waals surface area contributed by atoms with Gasteiger partial charge < -0.3 is 14.8 Å². The molecule has 5 heteroatoms.